The summed E-state index contributed by atoms with van der Waals surface area (Å²) in [7, 11) is 0. The Morgan fingerprint density at radius 2 is 2.05 bits per heavy atom. The van der Waals surface area contributed by atoms with Gasteiger partial charge in [0.05, 0.1) is 16.1 Å². The Kier molecular flexibility index (Phi) is 8.42. The average molecular weight is 326 g/mol. The first-order chi connectivity index (χ1) is 8.47. The van der Waals surface area contributed by atoms with E-state index in [9.17, 15) is 4.79 Å². The fraction of sp³-hybridized carbons (Fsp3) is 0.462. The normalized spacial score (nSPS) is 13.3. The lowest BCUT2D eigenvalue weighted by atomic mass is 9.99. The first-order valence-electron chi connectivity index (χ1n) is 5.93. The maximum absolute atomic E-state index is 11.8. The average Bonchev–Trinajstić information content (AvgIpc) is 2.38. The second-order valence-corrected chi connectivity index (χ2v) is 5.13. The summed E-state index contributed by atoms with van der Waals surface area (Å²) < 4.78 is 0. The van der Waals surface area contributed by atoms with Crippen molar-refractivity contribution in [1.29, 1.82) is 0 Å². The van der Waals surface area contributed by atoms with Crippen LogP contribution in [0.15, 0.2) is 18.2 Å². The molecule has 0 bridgehead atoms. The summed E-state index contributed by atoms with van der Waals surface area (Å²) in [4.78, 5) is 11.8. The van der Waals surface area contributed by atoms with E-state index in [1.54, 1.807) is 12.1 Å². The zero-order valence-electron chi connectivity index (χ0n) is 11.0. The molecule has 0 aliphatic carbocycles. The van der Waals surface area contributed by atoms with E-state index in [2.05, 4.69) is 5.32 Å². The first-order valence-corrected chi connectivity index (χ1v) is 6.69. The molecule has 0 heterocycles. The highest BCUT2D eigenvalue weighted by molar-refractivity contribution is 6.42. The molecule has 0 fully saturated rings. The lowest BCUT2D eigenvalue weighted by Crippen LogP contribution is -2.44. The van der Waals surface area contributed by atoms with E-state index >= 15 is 0 Å². The molecule has 3 N–H and O–H groups in total. The van der Waals surface area contributed by atoms with Gasteiger partial charge in [-0.3, -0.25) is 4.79 Å². The molecule has 0 saturated carbocycles. The van der Waals surface area contributed by atoms with Crippen LogP contribution in [0.25, 0.3) is 0 Å². The number of hydrogen-bond acceptors (Lipinski definition) is 2. The third kappa shape index (κ3) is 5.19. The number of carbonyl (C=O) groups excluding carboxylic acids is 1. The number of nitrogens with two attached hydrogens (primary N) is 1. The Hall–Kier alpha value is -0.480. The first kappa shape index (κ1) is 18.5. The van der Waals surface area contributed by atoms with Gasteiger partial charge in [-0.15, -0.1) is 12.4 Å². The van der Waals surface area contributed by atoms with Crippen molar-refractivity contribution >= 4 is 41.5 Å². The van der Waals surface area contributed by atoms with Crippen molar-refractivity contribution in [2.75, 3.05) is 0 Å². The van der Waals surface area contributed by atoms with Gasteiger partial charge in [-0.1, -0.05) is 55.6 Å². The highest BCUT2D eigenvalue weighted by atomic mass is 35.5. The minimum atomic E-state index is -0.493. The van der Waals surface area contributed by atoms with Gasteiger partial charge in [0.25, 0.3) is 0 Å². The smallest absolute Gasteiger partial charge is 0.237 e. The lowest BCUT2D eigenvalue weighted by molar-refractivity contribution is -0.123. The SMILES string of the molecule is CC[C@H](C)[C@H](N)C(=O)NCc1cccc(Cl)c1Cl.Cl. The minimum Gasteiger partial charge on any atom is -0.351 e. The van der Waals surface area contributed by atoms with Crippen molar-refractivity contribution in [2.45, 2.75) is 32.9 Å². The van der Waals surface area contributed by atoms with Gasteiger partial charge in [0.2, 0.25) is 5.91 Å². The third-order valence-corrected chi connectivity index (χ3v) is 3.90. The molecule has 0 aromatic heterocycles. The van der Waals surface area contributed by atoms with Crippen molar-refractivity contribution in [3.05, 3.63) is 33.8 Å². The van der Waals surface area contributed by atoms with Crippen molar-refractivity contribution in [3.63, 3.8) is 0 Å². The Balaban J connectivity index is 0.00000324. The van der Waals surface area contributed by atoms with Crippen LogP contribution in [0.5, 0.6) is 0 Å². The van der Waals surface area contributed by atoms with Crippen LogP contribution >= 0.6 is 35.6 Å². The van der Waals surface area contributed by atoms with Gasteiger partial charge < -0.3 is 11.1 Å². The Labute approximate surface area is 130 Å². The number of carbonyl (C=O) groups is 1. The van der Waals surface area contributed by atoms with Crippen LogP contribution in [0, 0.1) is 5.92 Å². The molecule has 1 amide bonds. The van der Waals surface area contributed by atoms with Gasteiger partial charge in [-0.25, -0.2) is 0 Å². The minimum absolute atomic E-state index is 0. The van der Waals surface area contributed by atoms with Gasteiger partial charge in [0, 0.05) is 6.54 Å². The standard InChI is InChI=1S/C13H18Cl2N2O.ClH/c1-3-8(2)12(16)13(18)17-7-9-5-4-6-10(14)11(9)15;/h4-6,8,12H,3,7,16H2,1-2H3,(H,17,18);1H/t8-,12-;/m0./s1. The van der Waals surface area contributed by atoms with Crippen molar-refractivity contribution in [3.8, 4) is 0 Å². The summed E-state index contributed by atoms with van der Waals surface area (Å²) in [5, 5.41) is 3.73. The molecule has 108 valence electrons. The van der Waals surface area contributed by atoms with Gasteiger partial charge >= 0.3 is 0 Å². The van der Waals surface area contributed by atoms with E-state index in [0.29, 0.717) is 16.6 Å². The maximum Gasteiger partial charge on any atom is 0.237 e. The monoisotopic (exact) mass is 324 g/mol. The molecule has 0 saturated heterocycles. The number of hydrogen-bond donors (Lipinski definition) is 2. The van der Waals surface area contributed by atoms with E-state index in [4.69, 9.17) is 28.9 Å². The number of rotatable bonds is 5. The molecule has 2 atom stereocenters. The molecule has 1 aromatic carbocycles. The van der Waals surface area contributed by atoms with Crippen LogP contribution in [0.3, 0.4) is 0 Å². The molecule has 19 heavy (non-hydrogen) atoms. The molecule has 0 aliphatic heterocycles. The van der Waals surface area contributed by atoms with Gasteiger partial charge in [0.15, 0.2) is 0 Å². The summed E-state index contributed by atoms with van der Waals surface area (Å²) in [6.45, 7) is 4.30. The van der Waals surface area contributed by atoms with Crippen molar-refractivity contribution < 1.29 is 4.79 Å². The summed E-state index contributed by atoms with van der Waals surface area (Å²) in [6, 6.07) is 4.83. The van der Waals surface area contributed by atoms with Crippen LogP contribution in [0.2, 0.25) is 10.0 Å². The second kappa shape index (κ2) is 8.64. The molecule has 1 rings (SSSR count). The molecular formula is C13H19Cl3N2O. The Bertz CT molecular complexity index is 426. The van der Waals surface area contributed by atoms with E-state index in [1.165, 1.54) is 0 Å². The van der Waals surface area contributed by atoms with Gasteiger partial charge in [0.1, 0.15) is 0 Å². The number of halogens is 3. The highest BCUT2D eigenvalue weighted by Crippen LogP contribution is 2.25. The molecule has 0 aliphatic rings. The summed E-state index contributed by atoms with van der Waals surface area (Å²) >= 11 is 11.9. The zero-order chi connectivity index (χ0) is 13.7. The lowest BCUT2D eigenvalue weighted by Gasteiger charge is -2.18. The molecule has 0 spiro atoms. The molecule has 6 heteroatoms. The largest absolute Gasteiger partial charge is 0.351 e. The second-order valence-electron chi connectivity index (χ2n) is 4.34. The predicted octanol–water partition coefficient (Wildman–Crippen LogP) is 3.40. The van der Waals surface area contributed by atoms with Crippen LogP contribution in [0.4, 0.5) is 0 Å². The van der Waals surface area contributed by atoms with Gasteiger partial charge in [-0.05, 0) is 17.5 Å². The van der Waals surface area contributed by atoms with E-state index < -0.39 is 6.04 Å². The Morgan fingerprint density at radius 3 is 2.63 bits per heavy atom. The maximum atomic E-state index is 11.8. The number of nitrogens with one attached hydrogen (secondary N) is 1. The quantitative estimate of drug-likeness (QED) is 0.871. The van der Waals surface area contributed by atoms with E-state index in [1.807, 2.05) is 19.9 Å². The van der Waals surface area contributed by atoms with Crippen LogP contribution in [0.1, 0.15) is 25.8 Å². The highest BCUT2D eigenvalue weighted by Gasteiger charge is 2.19. The zero-order valence-corrected chi connectivity index (χ0v) is 13.3. The third-order valence-electron chi connectivity index (χ3n) is 3.04. The molecular weight excluding hydrogens is 307 g/mol. The van der Waals surface area contributed by atoms with E-state index in [0.717, 1.165) is 12.0 Å². The van der Waals surface area contributed by atoms with Crippen molar-refractivity contribution in [2.24, 2.45) is 11.7 Å². The summed E-state index contributed by atoms with van der Waals surface area (Å²) in [5.41, 5.74) is 6.62. The molecule has 0 radical (unpaired) electrons. The van der Waals surface area contributed by atoms with Gasteiger partial charge in [-0.2, -0.15) is 0 Å². The van der Waals surface area contributed by atoms with Crippen LogP contribution in [-0.4, -0.2) is 11.9 Å². The number of benzene rings is 1. The summed E-state index contributed by atoms with van der Waals surface area (Å²) in [6.07, 6.45) is 0.868. The Morgan fingerprint density at radius 1 is 1.42 bits per heavy atom. The predicted molar refractivity (Wildman–Crippen MR) is 83.0 cm³/mol. The van der Waals surface area contributed by atoms with Crippen LogP contribution in [-0.2, 0) is 11.3 Å². The summed E-state index contributed by atoms with van der Waals surface area (Å²) in [5.74, 6) is -0.0137. The van der Waals surface area contributed by atoms with E-state index in [-0.39, 0.29) is 24.2 Å². The molecule has 3 nitrogen and oxygen atoms in total. The van der Waals surface area contributed by atoms with Crippen LogP contribution < -0.4 is 11.1 Å². The molecule has 0 unspecified atom stereocenters. The topological polar surface area (TPSA) is 55.1 Å². The fourth-order valence-corrected chi connectivity index (χ4v) is 1.88. The number of amides is 1. The fourth-order valence-electron chi connectivity index (χ4n) is 1.50. The van der Waals surface area contributed by atoms with Crippen molar-refractivity contribution in [1.82, 2.24) is 5.32 Å². The molecule has 1 aromatic rings.